The highest BCUT2D eigenvalue weighted by Crippen LogP contribution is 2.34. The Morgan fingerprint density at radius 3 is 2.34 bits per heavy atom. The van der Waals surface area contributed by atoms with E-state index in [4.69, 9.17) is 4.74 Å². The lowest BCUT2D eigenvalue weighted by Gasteiger charge is -2.29. The molecule has 3 aromatic carbocycles. The van der Waals surface area contributed by atoms with E-state index in [0.717, 1.165) is 5.56 Å². The number of hydrogen-bond donors (Lipinski definition) is 0. The van der Waals surface area contributed by atoms with Crippen LogP contribution < -0.4 is 9.64 Å². The molecule has 1 heterocycles. The van der Waals surface area contributed by atoms with Crippen LogP contribution in [0.5, 0.6) is 5.75 Å². The van der Waals surface area contributed by atoms with Crippen LogP contribution in [0, 0.1) is 12.7 Å². The first-order valence-corrected chi connectivity index (χ1v) is 9.09. The van der Waals surface area contributed by atoms with Crippen molar-refractivity contribution in [3.05, 3.63) is 94.8 Å². The summed E-state index contributed by atoms with van der Waals surface area (Å²) in [4.78, 5) is 27.6. The van der Waals surface area contributed by atoms with Gasteiger partial charge in [0.05, 0.1) is 12.8 Å². The monoisotopic (exact) mass is 387 g/mol. The first-order chi connectivity index (χ1) is 14.0. The van der Waals surface area contributed by atoms with Crippen LogP contribution in [0.1, 0.15) is 27.0 Å². The molecule has 3 aromatic rings. The lowest BCUT2D eigenvalue weighted by atomic mass is 9.91. The highest BCUT2D eigenvalue weighted by molar-refractivity contribution is 6.43. The summed E-state index contributed by atoms with van der Waals surface area (Å²) in [5.74, 6) is -1.23. The molecule has 0 N–H and O–H groups in total. The van der Waals surface area contributed by atoms with E-state index in [2.05, 4.69) is 0 Å². The molecule has 0 unspecified atom stereocenters. The molecule has 0 saturated heterocycles. The maximum atomic E-state index is 14.1. The first kappa shape index (κ1) is 18.6. The van der Waals surface area contributed by atoms with Crippen LogP contribution in [0.4, 0.5) is 10.1 Å². The zero-order valence-electron chi connectivity index (χ0n) is 16.0. The molecular weight excluding hydrogens is 369 g/mol. The van der Waals surface area contributed by atoms with Gasteiger partial charge in [-0.15, -0.1) is 0 Å². The van der Waals surface area contributed by atoms with E-state index in [1.807, 2.05) is 13.0 Å². The summed E-state index contributed by atoms with van der Waals surface area (Å²) < 4.78 is 19.1. The Morgan fingerprint density at radius 1 is 0.897 bits per heavy atom. The van der Waals surface area contributed by atoms with Gasteiger partial charge in [0.15, 0.2) is 11.6 Å². The SMILES string of the molecule is COc1ccc(/C=C2/C(=O)N(c3cccc(C)c3)C(=O)c3ccccc32)cc1F. The fourth-order valence-electron chi connectivity index (χ4n) is 3.43. The van der Waals surface area contributed by atoms with E-state index >= 15 is 0 Å². The van der Waals surface area contributed by atoms with Gasteiger partial charge in [-0.2, -0.15) is 0 Å². The molecule has 0 spiro atoms. The van der Waals surface area contributed by atoms with Gasteiger partial charge in [0, 0.05) is 11.1 Å². The van der Waals surface area contributed by atoms with Gasteiger partial charge in [-0.3, -0.25) is 9.59 Å². The maximum absolute atomic E-state index is 14.1. The van der Waals surface area contributed by atoms with Gasteiger partial charge >= 0.3 is 0 Å². The fourth-order valence-corrected chi connectivity index (χ4v) is 3.43. The minimum atomic E-state index is -0.523. The highest BCUT2D eigenvalue weighted by Gasteiger charge is 2.35. The predicted molar refractivity (Wildman–Crippen MR) is 110 cm³/mol. The summed E-state index contributed by atoms with van der Waals surface area (Å²) in [7, 11) is 1.39. The molecule has 0 radical (unpaired) electrons. The van der Waals surface area contributed by atoms with Gasteiger partial charge < -0.3 is 4.74 Å². The Balaban J connectivity index is 1.88. The number of amides is 2. The number of halogens is 1. The molecule has 0 fully saturated rings. The van der Waals surface area contributed by atoms with E-state index in [1.165, 1.54) is 24.1 Å². The molecule has 0 bridgehead atoms. The number of aryl methyl sites for hydroxylation is 1. The third-order valence-electron chi connectivity index (χ3n) is 4.83. The molecular formula is C24H18FNO3. The molecule has 0 atom stereocenters. The van der Waals surface area contributed by atoms with Crippen LogP contribution >= 0.6 is 0 Å². The van der Waals surface area contributed by atoms with Crippen LogP contribution in [0.25, 0.3) is 11.6 Å². The molecule has 1 aliphatic rings. The topological polar surface area (TPSA) is 46.6 Å². The number of hydrogen-bond acceptors (Lipinski definition) is 3. The zero-order chi connectivity index (χ0) is 20.5. The molecule has 1 aliphatic heterocycles. The highest BCUT2D eigenvalue weighted by atomic mass is 19.1. The normalized spacial score (nSPS) is 14.9. The molecule has 2 amide bonds. The Bertz CT molecular complexity index is 1170. The number of anilines is 1. The van der Waals surface area contributed by atoms with Gasteiger partial charge in [0.2, 0.25) is 0 Å². The van der Waals surface area contributed by atoms with Gasteiger partial charge in [0.1, 0.15) is 0 Å². The third-order valence-corrected chi connectivity index (χ3v) is 4.83. The van der Waals surface area contributed by atoms with Gasteiger partial charge in [-0.25, -0.2) is 9.29 Å². The second-order valence-corrected chi connectivity index (χ2v) is 6.78. The van der Waals surface area contributed by atoms with Gasteiger partial charge in [-0.1, -0.05) is 36.4 Å². The summed E-state index contributed by atoms with van der Waals surface area (Å²) in [6.07, 6.45) is 1.60. The number of nitrogens with zero attached hydrogens (tertiary/aromatic N) is 1. The largest absolute Gasteiger partial charge is 0.494 e. The van der Waals surface area contributed by atoms with E-state index < -0.39 is 11.7 Å². The summed E-state index contributed by atoms with van der Waals surface area (Å²) in [5, 5.41) is 0. The van der Waals surface area contributed by atoms with Crippen molar-refractivity contribution in [1.29, 1.82) is 0 Å². The van der Waals surface area contributed by atoms with Crippen molar-refractivity contribution >= 4 is 29.2 Å². The van der Waals surface area contributed by atoms with E-state index in [1.54, 1.807) is 54.6 Å². The Morgan fingerprint density at radius 2 is 1.66 bits per heavy atom. The number of imide groups is 1. The number of rotatable bonds is 3. The van der Waals surface area contributed by atoms with Crippen molar-refractivity contribution in [2.75, 3.05) is 12.0 Å². The molecule has 0 saturated carbocycles. The van der Waals surface area contributed by atoms with Crippen molar-refractivity contribution in [2.24, 2.45) is 0 Å². The van der Waals surface area contributed by atoms with Crippen LogP contribution in [0.2, 0.25) is 0 Å². The lowest BCUT2D eigenvalue weighted by molar-refractivity contribution is -0.112. The third kappa shape index (κ3) is 3.31. The summed E-state index contributed by atoms with van der Waals surface area (Å²) in [6, 6.07) is 18.6. The standard InChI is InChI=1S/C24H18FNO3/c1-15-6-5-7-17(12-15)26-23(27)19-9-4-3-8-18(19)20(24(26)28)13-16-10-11-22(29-2)21(25)14-16/h3-14H,1-2H3/b20-13+. The maximum Gasteiger partial charge on any atom is 0.265 e. The second-order valence-electron chi connectivity index (χ2n) is 6.78. The van der Waals surface area contributed by atoms with Crippen LogP contribution in [0.3, 0.4) is 0 Å². The summed E-state index contributed by atoms with van der Waals surface area (Å²) >= 11 is 0. The Labute approximate surface area is 167 Å². The van der Waals surface area contributed by atoms with E-state index in [9.17, 15) is 14.0 Å². The number of carbonyl (C=O) groups is 2. The number of benzene rings is 3. The van der Waals surface area contributed by atoms with Crippen LogP contribution in [-0.2, 0) is 4.79 Å². The molecule has 4 rings (SSSR count). The molecule has 0 aromatic heterocycles. The Hall–Kier alpha value is -3.73. The van der Waals surface area contributed by atoms with Crippen molar-refractivity contribution in [3.8, 4) is 5.75 Å². The number of fused-ring (bicyclic) bond motifs is 1. The number of methoxy groups -OCH3 is 1. The fraction of sp³-hybridized carbons (Fsp3) is 0.0833. The summed E-state index contributed by atoms with van der Waals surface area (Å²) in [6.45, 7) is 1.90. The zero-order valence-corrected chi connectivity index (χ0v) is 16.0. The smallest absolute Gasteiger partial charge is 0.265 e. The van der Waals surface area contributed by atoms with Gasteiger partial charge in [-0.05, 0) is 60.0 Å². The minimum Gasteiger partial charge on any atom is -0.494 e. The average molecular weight is 387 g/mol. The van der Waals surface area contributed by atoms with Gasteiger partial charge in [0.25, 0.3) is 11.8 Å². The first-order valence-electron chi connectivity index (χ1n) is 9.09. The van der Waals surface area contributed by atoms with E-state index in [-0.39, 0.29) is 11.7 Å². The van der Waals surface area contributed by atoms with Crippen LogP contribution in [-0.4, -0.2) is 18.9 Å². The molecule has 0 aliphatic carbocycles. The van der Waals surface area contributed by atoms with Crippen molar-refractivity contribution in [2.45, 2.75) is 6.92 Å². The van der Waals surface area contributed by atoms with Crippen molar-refractivity contribution < 1.29 is 18.7 Å². The lowest BCUT2D eigenvalue weighted by Crippen LogP contribution is -2.41. The van der Waals surface area contributed by atoms with Crippen molar-refractivity contribution in [3.63, 3.8) is 0 Å². The number of ether oxygens (including phenoxy) is 1. The summed E-state index contributed by atoms with van der Waals surface area (Å²) in [5.41, 5.74) is 3.22. The molecule has 4 nitrogen and oxygen atoms in total. The van der Waals surface area contributed by atoms with Crippen LogP contribution in [0.15, 0.2) is 66.7 Å². The average Bonchev–Trinajstić information content (AvgIpc) is 2.71. The minimum absolute atomic E-state index is 0.124. The van der Waals surface area contributed by atoms with E-state index in [0.29, 0.717) is 28.0 Å². The Kier molecular flexibility index (Phi) is 4.72. The van der Waals surface area contributed by atoms with Crippen molar-refractivity contribution in [1.82, 2.24) is 0 Å². The quantitative estimate of drug-likeness (QED) is 0.476. The molecule has 5 heteroatoms. The molecule has 29 heavy (non-hydrogen) atoms. The second kappa shape index (κ2) is 7.36. The number of carbonyl (C=O) groups excluding carboxylic acids is 2. The predicted octanol–water partition coefficient (Wildman–Crippen LogP) is 4.87. The molecule has 144 valence electrons.